The molecule has 1 unspecified atom stereocenters. The molecule has 8 nitrogen and oxygen atoms in total. The van der Waals surface area contributed by atoms with Crippen LogP contribution in [0, 0.1) is 13.8 Å². The van der Waals surface area contributed by atoms with Crippen LogP contribution in [0.5, 0.6) is 5.75 Å². The Hall–Kier alpha value is -3.36. The third kappa shape index (κ3) is 9.19. The van der Waals surface area contributed by atoms with E-state index < -0.39 is 17.7 Å². The first-order valence-corrected chi connectivity index (χ1v) is 13.0. The SMILES string of the molecule is COCCOCC(NC(=O)OC(C)(C)C)c1cc(CCCOc2c(C)cc(-c3ccccc3)cc2C)on1. The highest BCUT2D eigenvalue weighted by Crippen LogP contribution is 2.30. The van der Waals surface area contributed by atoms with Crippen molar-refractivity contribution in [2.45, 2.75) is 59.1 Å². The third-order valence-corrected chi connectivity index (χ3v) is 5.72. The first-order valence-electron chi connectivity index (χ1n) is 13.0. The number of methoxy groups -OCH3 is 1. The zero-order chi connectivity index (χ0) is 27.5. The molecule has 0 spiro atoms. The molecule has 1 N–H and O–H groups in total. The van der Waals surface area contributed by atoms with Crippen LogP contribution in [0.3, 0.4) is 0 Å². The van der Waals surface area contributed by atoms with E-state index in [4.69, 9.17) is 23.5 Å². The molecule has 0 saturated heterocycles. The Kier molecular flexibility index (Phi) is 10.7. The highest BCUT2D eigenvalue weighted by Gasteiger charge is 2.23. The highest BCUT2D eigenvalue weighted by molar-refractivity contribution is 5.68. The summed E-state index contributed by atoms with van der Waals surface area (Å²) in [4.78, 5) is 12.4. The third-order valence-electron chi connectivity index (χ3n) is 5.72. The lowest BCUT2D eigenvalue weighted by Gasteiger charge is -2.22. The minimum atomic E-state index is -0.612. The molecule has 1 aromatic heterocycles. The van der Waals surface area contributed by atoms with Crippen LogP contribution in [0.2, 0.25) is 0 Å². The lowest BCUT2D eigenvalue weighted by Crippen LogP contribution is -2.37. The summed E-state index contributed by atoms with van der Waals surface area (Å²) >= 11 is 0. The van der Waals surface area contributed by atoms with Gasteiger partial charge in [-0.15, -0.1) is 0 Å². The van der Waals surface area contributed by atoms with Gasteiger partial charge in [0, 0.05) is 19.6 Å². The van der Waals surface area contributed by atoms with Crippen molar-refractivity contribution < 1.29 is 28.3 Å². The number of nitrogens with one attached hydrogen (secondary N) is 1. The minimum Gasteiger partial charge on any atom is -0.493 e. The maximum atomic E-state index is 12.4. The number of nitrogens with zero attached hydrogens (tertiary/aromatic N) is 1. The van der Waals surface area contributed by atoms with E-state index in [1.54, 1.807) is 7.11 Å². The second-order valence-electron chi connectivity index (χ2n) is 10.2. The van der Waals surface area contributed by atoms with E-state index >= 15 is 0 Å². The number of carbonyl (C=O) groups excluding carboxylic acids is 1. The van der Waals surface area contributed by atoms with E-state index in [-0.39, 0.29) is 6.61 Å². The van der Waals surface area contributed by atoms with Crippen molar-refractivity contribution in [2.75, 3.05) is 33.5 Å². The molecule has 1 atom stereocenters. The number of amides is 1. The molecule has 0 aliphatic rings. The minimum absolute atomic E-state index is 0.217. The molecule has 8 heteroatoms. The number of benzene rings is 2. The van der Waals surface area contributed by atoms with Crippen LogP contribution in [0.1, 0.15) is 55.8 Å². The van der Waals surface area contributed by atoms with Crippen LogP contribution in [-0.4, -0.2) is 50.4 Å². The topological polar surface area (TPSA) is 92.1 Å². The van der Waals surface area contributed by atoms with Gasteiger partial charge in [0.25, 0.3) is 0 Å². The normalized spacial score (nSPS) is 12.3. The smallest absolute Gasteiger partial charge is 0.408 e. The van der Waals surface area contributed by atoms with Gasteiger partial charge in [-0.05, 0) is 75.4 Å². The summed E-state index contributed by atoms with van der Waals surface area (Å²) in [6.07, 6.45) is 0.860. The molecule has 3 rings (SSSR count). The molecule has 1 heterocycles. The van der Waals surface area contributed by atoms with Gasteiger partial charge in [-0.25, -0.2) is 4.79 Å². The van der Waals surface area contributed by atoms with E-state index in [1.807, 2.05) is 45.0 Å². The van der Waals surface area contributed by atoms with Crippen molar-refractivity contribution in [3.05, 3.63) is 71.1 Å². The van der Waals surface area contributed by atoms with Crippen molar-refractivity contribution in [2.24, 2.45) is 0 Å². The van der Waals surface area contributed by atoms with Crippen molar-refractivity contribution in [1.29, 1.82) is 0 Å². The number of alkyl carbamates (subject to hydrolysis) is 1. The molecule has 0 radical (unpaired) electrons. The van der Waals surface area contributed by atoms with E-state index in [1.165, 1.54) is 11.1 Å². The summed E-state index contributed by atoms with van der Waals surface area (Å²) in [5, 5.41) is 6.99. The summed E-state index contributed by atoms with van der Waals surface area (Å²) in [5.41, 5.74) is 4.55. The second-order valence-corrected chi connectivity index (χ2v) is 10.2. The van der Waals surface area contributed by atoms with Gasteiger partial charge in [-0.3, -0.25) is 0 Å². The second kappa shape index (κ2) is 14.0. The van der Waals surface area contributed by atoms with Gasteiger partial charge in [-0.2, -0.15) is 0 Å². The number of hydrogen-bond donors (Lipinski definition) is 1. The van der Waals surface area contributed by atoms with Gasteiger partial charge in [0.05, 0.1) is 26.4 Å². The van der Waals surface area contributed by atoms with E-state index in [9.17, 15) is 4.79 Å². The van der Waals surface area contributed by atoms with Crippen molar-refractivity contribution in [1.82, 2.24) is 10.5 Å². The maximum absolute atomic E-state index is 12.4. The van der Waals surface area contributed by atoms with Crippen molar-refractivity contribution in [3.8, 4) is 16.9 Å². The fourth-order valence-corrected chi connectivity index (χ4v) is 4.00. The first kappa shape index (κ1) is 29.2. The zero-order valence-electron chi connectivity index (χ0n) is 23.3. The highest BCUT2D eigenvalue weighted by atomic mass is 16.6. The van der Waals surface area contributed by atoms with Crippen molar-refractivity contribution in [3.63, 3.8) is 0 Å². The van der Waals surface area contributed by atoms with Gasteiger partial charge in [0.15, 0.2) is 0 Å². The lowest BCUT2D eigenvalue weighted by atomic mass is 10.00. The Morgan fingerprint density at radius 3 is 2.37 bits per heavy atom. The quantitative estimate of drug-likeness (QED) is 0.266. The Labute approximate surface area is 225 Å². The number of aromatic nitrogens is 1. The van der Waals surface area contributed by atoms with Gasteiger partial charge in [0.2, 0.25) is 0 Å². The number of ether oxygens (including phenoxy) is 4. The summed E-state index contributed by atoms with van der Waals surface area (Å²) in [6, 6.07) is 16.0. The molecule has 0 saturated carbocycles. The Balaban J connectivity index is 1.55. The number of rotatable bonds is 13. The molecule has 38 heavy (non-hydrogen) atoms. The van der Waals surface area contributed by atoms with Crippen LogP contribution in [-0.2, 0) is 20.6 Å². The molecule has 0 aliphatic heterocycles. The lowest BCUT2D eigenvalue weighted by molar-refractivity contribution is 0.0363. The number of hydrogen-bond acceptors (Lipinski definition) is 7. The molecule has 3 aromatic rings. The van der Waals surface area contributed by atoms with Crippen LogP contribution < -0.4 is 10.1 Å². The molecule has 2 aromatic carbocycles. The van der Waals surface area contributed by atoms with Gasteiger partial charge < -0.3 is 28.8 Å². The van der Waals surface area contributed by atoms with Crippen LogP contribution in [0.4, 0.5) is 4.79 Å². The summed E-state index contributed by atoms with van der Waals surface area (Å²) in [7, 11) is 1.61. The molecular weight excluding hydrogens is 484 g/mol. The molecule has 1 amide bonds. The van der Waals surface area contributed by atoms with Gasteiger partial charge in [-0.1, -0.05) is 35.5 Å². The average Bonchev–Trinajstić information content (AvgIpc) is 3.33. The average molecular weight is 525 g/mol. The molecule has 0 bridgehead atoms. The van der Waals surface area contributed by atoms with Gasteiger partial charge in [0.1, 0.15) is 28.8 Å². The standard InChI is InChI=1S/C30H40N2O6/c1-21-17-24(23-11-8-7-9-12-23)18-22(2)28(21)36-14-10-13-25-19-26(32-38-25)27(20-35-16-15-34-6)31-29(33)37-30(3,4)5/h7-9,11-12,17-19,27H,10,13-16,20H2,1-6H3,(H,31,33). The predicted molar refractivity (Wildman–Crippen MR) is 146 cm³/mol. The maximum Gasteiger partial charge on any atom is 0.408 e. The zero-order valence-corrected chi connectivity index (χ0v) is 23.3. The van der Waals surface area contributed by atoms with E-state index in [0.717, 1.165) is 23.3 Å². The molecule has 0 fully saturated rings. The van der Waals surface area contributed by atoms with Crippen LogP contribution in [0.15, 0.2) is 53.1 Å². The van der Waals surface area contributed by atoms with Crippen molar-refractivity contribution >= 4 is 6.09 Å². The van der Waals surface area contributed by atoms with E-state index in [2.05, 4.69) is 48.6 Å². The Morgan fingerprint density at radius 2 is 1.71 bits per heavy atom. The Bertz CT molecular complexity index is 1130. The summed E-state index contributed by atoms with van der Waals surface area (Å²) < 4.78 is 27.7. The number of carbonyl (C=O) groups is 1. The molecular formula is C30H40N2O6. The molecule has 0 aliphatic carbocycles. The van der Waals surface area contributed by atoms with Gasteiger partial charge >= 0.3 is 6.09 Å². The molecule has 206 valence electrons. The summed E-state index contributed by atoms with van der Waals surface area (Å²) in [5.74, 6) is 1.63. The Morgan fingerprint density at radius 1 is 1.00 bits per heavy atom. The first-order chi connectivity index (χ1) is 18.2. The monoisotopic (exact) mass is 524 g/mol. The number of aryl methyl sites for hydroxylation is 3. The predicted octanol–water partition coefficient (Wildman–Crippen LogP) is 6.20. The fourth-order valence-electron chi connectivity index (χ4n) is 4.00. The van der Waals surface area contributed by atoms with Crippen LogP contribution >= 0.6 is 0 Å². The summed E-state index contributed by atoms with van der Waals surface area (Å²) in [6.45, 7) is 11.2. The van der Waals surface area contributed by atoms with Crippen LogP contribution in [0.25, 0.3) is 11.1 Å². The van der Waals surface area contributed by atoms with E-state index in [0.29, 0.717) is 37.7 Å². The fraction of sp³-hybridized carbons (Fsp3) is 0.467. The largest absolute Gasteiger partial charge is 0.493 e.